The van der Waals surface area contributed by atoms with Gasteiger partial charge in [0.1, 0.15) is 0 Å². The van der Waals surface area contributed by atoms with Crippen molar-refractivity contribution >= 4 is 5.91 Å². The molecule has 0 radical (unpaired) electrons. The van der Waals surface area contributed by atoms with E-state index in [1.54, 1.807) is 0 Å². The molecule has 2 N–H and O–H groups in total. The van der Waals surface area contributed by atoms with Crippen LogP contribution in [-0.2, 0) is 4.79 Å². The van der Waals surface area contributed by atoms with E-state index in [1.807, 2.05) is 6.92 Å². The van der Waals surface area contributed by atoms with Gasteiger partial charge in [-0.1, -0.05) is 25.7 Å². The summed E-state index contributed by atoms with van der Waals surface area (Å²) in [6.45, 7) is 4.14. The van der Waals surface area contributed by atoms with E-state index in [9.17, 15) is 9.90 Å². The predicted molar refractivity (Wildman–Crippen MR) is 75.9 cm³/mol. The van der Waals surface area contributed by atoms with Gasteiger partial charge in [-0.05, 0) is 38.6 Å². The van der Waals surface area contributed by atoms with E-state index >= 15 is 0 Å². The minimum atomic E-state index is -0.255. The van der Waals surface area contributed by atoms with E-state index in [0.717, 1.165) is 32.4 Å². The molecular formula is C15H28N2O2. The zero-order chi connectivity index (χ0) is 13.7. The third-order valence-corrected chi connectivity index (χ3v) is 4.58. The molecule has 2 aliphatic rings. The van der Waals surface area contributed by atoms with Gasteiger partial charge in [-0.15, -0.1) is 0 Å². The van der Waals surface area contributed by atoms with Crippen LogP contribution < -0.4 is 5.32 Å². The van der Waals surface area contributed by atoms with Crippen LogP contribution >= 0.6 is 0 Å². The van der Waals surface area contributed by atoms with Gasteiger partial charge in [0.15, 0.2) is 0 Å². The highest BCUT2D eigenvalue weighted by molar-refractivity contribution is 5.78. The Balaban J connectivity index is 1.69. The van der Waals surface area contributed by atoms with Crippen LogP contribution in [0, 0.1) is 5.92 Å². The summed E-state index contributed by atoms with van der Waals surface area (Å²) in [7, 11) is 0. The second-order valence-electron chi connectivity index (χ2n) is 6.28. The van der Waals surface area contributed by atoms with Gasteiger partial charge < -0.3 is 10.4 Å². The van der Waals surface area contributed by atoms with Crippen molar-refractivity contribution in [3.05, 3.63) is 0 Å². The van der Waals surface area contributed by atoms with Crippen LogP contribution in [0.2, 0.25) is 0 Å². The molecule has 19 heavy (non-hydrogen) atoms. The lowest BCUT2D eigenvalue weighted by Gasteiger charge is -2.20. The first-order chi connectivity index (χ1) is 9.15. The van der Waals surface area contributed by atoms with E-state index in [1.165, 1.54) is 25.7 Å². The van der Waals surface area contributed by atoms with Gasteiger partial charge in [-0.2, -0.15) is 0 Å². The standard InChI is InChI=1S/C15H28N2O2/c1-12(18)13-8-9-17(10-13)11-15(19)16-14-6-4-2-3-5-7-14/h12-14,18H,2-11H2,1H3,(H,16,19). The fraction of sp³-hybridized carbons (Fsp3) is 0.933. The van der Waals surface area contributed by atoms with Crippen molar-refractivity contribution in [2.75, 3.05) is 19.6 Å². The largest absolute Gasteiger partial charge is 0.393 e. The zero-order valence-corrected chi connectivity index (χ0v) is 12.1. The summed E-state index contributed by atoms with van der Waals surface area (Å²) in [5, 5.41) is 12.8. The molecule has 0 bridgehead atoms. The number of aliphatic hydroxyl groups excluding tert-OH is 1. The Bertz CT molecular complexity index is 286. The molecular weight excluding hydrogens is 240 g/mol. The number of nitrogens with zero attached hydrogens (tertiary/aromatic N) is 1. The van der Waals surface area contributed by atoms with E-state index in [4.69, 9.17) is 0 Å². The first kappa shape index (κ1) is 14.8. The molecule has 2 unspecified atom stereocenters. The van der Waals surface area contributed by atoms with Crippen LogP contribution in [0.1, 0.15) is 51.9 Å². The molecule has 1 saturated heterocycles. The summed E-state index contributed by atoms with van der Waals surface area (Å²) in [4.78, 5) is 14.2. The molecule has 2 fully saturated rings. The van der Waals surface area contributed by atoms with Gasteiger partial charge >= 0.3 is 0 Å². The van der Waals surface area contributed by atoms with Crippen LogP contribution in [0.15, 0.2) is 0 Å². The van der Waals surface area contributed by atoms with E-state index < -0.39 is 0 Å². The predicted octanol–water partition coefficient (Wildman–Crippen LogP) is 1.53. The van der Waals surface area contributed by atoms with Crippen LogP contribution in [0.4, 0.5) is 0 Å². The molecule has 1 aliphatic heterocycles. The molecule has 0 aromatic heterocycles. The van der Waals surface area contributed by atoms with Crippen molar-refractivity contribution in [2.24, 2.45) is 5.92 Å². The Kier molecular flexibility index (Phi) is 5.64. The first-order valence-electron chi connectivity index (χ1n) is 7.85. The normalized spacial score (nSPS) is 28.0. The first-order valence-corrected chi connectivity index (χ1v) is 7.85. The highest BCUT2D eigenvalue weighted by atomic mass is 16.3. The van der Waals surface area contributed by atoms with Gasteiger partial charge in [0.05, 0.1) is 12.6 Å². The van der Waals surface area contributed by atoms with Crippen molar-refractivity contribution in [1.82, 2.24) is 10.2 Å². The van der Waals surface area contributed by atoms with Crippen LogP contribution in [0.3, 0.4) is 0 Å². The van der Waals surface area contributed by atoms with E-state index in [-0.39, 0.29) is 12.0 Å². The van der Waals surface area contributed by atoms with Crippen molar-refractivity contribution in [2.45, 2.75) is 64.0 Å². The van der Waals surface area contributed by atoms with Gasteiger partial charge in [0.2, 0.25) is 5.91 Å². The summed E-state index contributed by atoms with van der Waals surface area (Å²) in [5.74, 6) is 0.504. The van der Waals surface area contributed by atoms with Gasteiger partial charge in [0, 0.05) is 12.6 Å². The average molecular weight is 268 g/mol. The minimum absolute atomic E-state index is 0.165. The Morgan fingerprint density at radius 1 is 1.26 bits per heavy atom. The van der Waals surface area contributed by atoms with Crippen molar-refractivity contribution < 1.29 is 9.90 Å². The van der Waals surface area contributed by atoms with Gasteiger partial charge in [0.25, 0.3) is 0 Å². The maximum atomic E-state index is 12.0. The van der Waals surface area contributed by atoms with Crippen molar-refractivity contribution in [3.63, 3.8) is 0 Å². The Hall–Kier alpha value is -0.610. The number of aliphatic hydroxyl groups is 1. The summed E-state index contributed by atoms with van der Waals surface area (Å²) in [5.41, 5.74) is 0. The molecule has 4 heteroatoms. The quantitative estimate of drug-likeness (QED) is 0.760. The fourth-order valence-electron chi connectivity index (χ4n) is 3.30. The minimum Gasteiger partial charge on any atom is -0.393 e. The summed E-state index contributed by atoms with van der Waals surface area (Å²) in [6.07, 6.45) is 8.16. The molecule has 1 aliphatic carbocycles. The smallest absolute Gasteiger partial charge is 0.234 e. The fourth-order valence-corrected chi connectivity index (χ4v) is 3.30. The number of hydrogen-bond acceptors (Lipinski definition) is 3. The number of rotatable bonds is 4. The molecule has 0 aromatic carbocycles. The molecule has 110 valence electrons. The number of nitrogens with one attached hydrogen (secondary N) is 1. The number of hydrogen-bond donors (Lipinski definition) is 2. The lowest BCUT2D eigenvalue weighted by Crippen LogP contribution is -2.41. The third-order valence-electron chi connectivity index (χ3n) is 4.58. The molecule has 1 heterocycles. The summed E-state index contributed by atoms with van der Waals surface area (Å²) in [6, 6.07) is 0.394. The highest BCUT2D eigenvalue weighted by Crippen LogP contribution is 2.20. The molecule has 1 saturated carbocycles. The van der Waals surface area contributed by atoms with E-state index in [2.05, 4.69) is 10.2 Å². The number of carbonyl (C=O) groups excluding carboxylic acids is 1. The number of carbonyl (C=O) groups is 1. The number of likely N-dealkylation sites (tertiary alicyclic amines) is 1. The topological polar surface area (TPSA) is 52.6 Å². The summed E-state index contributed by atoms with van der Waals surface area (Å²) >= 11 is 0. The number of amides is 1. The third kappa shape index (κ3) is 4.77. The molecule has 2 rings (SSSR count). The maximum absolute atomic E-state index is 12.0. The van der Waals surface area contributed by atoms with E-state index in [0.29, 0.717) is 18.5 Å². The van der Waals surface area contributed by atoms with Crippen LogP contribution in [0.5, 0.6) is 0 Å². The maximum Gasteiger partial charge on any atom is 0.234 e. The molecule has 4 nitrogen and oxygen atoms in total. The zero-order valence-electron chi connectivity index (χ0n) is 12.1. The second-order valence-corrected chi connectivity index (χ2v) is 6.28. The monoisotopic (exact) mass is 268 g/mol. The summed E-state index contributed by atoms with van der Waals surface area (Å²) < 4.78 is 0. The van der Waals surface area contributed by atoms with Crippen molar-refractivity contribution in [1.29, 1.82) is 0 Å². The second kappa shape index (κ2) is 7.25. The molecule has 0 aromatic rings. The molecule has 1 amide bonds. The Labute approximate surface area is 116 Å². The van der Waals surface area contributed by atoms with Crippen LogP contribution in [-0.4, -0.2) is 47.7 Å². The average Bonchev–Trinajstić information content (AvgIpc) is 2.67. The highest BCUT2D eigenvalue weighted by Gasteiger charge is 2.27. The molecule has 0 spiro atoms. The molecule has 2 atom stereocenters. The van der Waals surface area contributed by atoms with Gasteiger partial charge in [-0.3, -0.25) is 9.69 Å². The Morgan fingerprint density at radius 3 is 2.53 bits per heavy atom. The van der Waals surface area contributed by atoms with Gasteiger partial charge in [-0.25, -0.2) is 0 Å². The lowest BCUT2D eigenvalue weighted by atomic mass is 10.0. The van der Waals surface area contributed by atoms with Crippen LogP contribution in [0.25, 0.3) is 0 Å². The SMILES string of the molecule is CC(O)C1CCN(CC(=O)NC2CCCCCC2)C1. The lowest BCUT2D eigenvalue weighted by molar-refractivity contribution is -0.122. The Morgan fingerprint density at radius 2 is 1.95 bits per heavy atom. The van der Waals surface area contributed by atoms with Crippen molar-refractivity contribution in [3.8, 4) is 0 Å².